The zero-order valence-corrected chi connectivity index (χ0v) is 12.4. The van der Waals surface area contributed by atoms with Crippen molar-refractivity contribution in [3.05, 3.63) is 57.6 Å². The van der Waals surface area contributed by atoms with Crippen LogP contribution in [-0.2, 0) is 5.88 Å². The minimum atomic E-state index is -1.01. The number of ether oxygens (including phenoxy) is 1. The van der Waals surface area contributed by atoms with Gasteiger partial charge >= 0.3 is 0 Å². The van der Waals surface area contributed by atoms with Crippen molar-refractivity contribution in [2.45, 2.75) is 12.8 Å². The van der Waals surface area contributed by atoms with E-state index in [1.54, 1.807) is 6.07 Å². The van der Waals surface area contributed by atoms with Crippen LogP contribution in [0.5, 0.6) is 11.5 Å². The molecule has 0 spiro atoms. The maximum atomic E-state index is 13.6. The molecule has 0 N–H and O–H groups in total. The maximum Gasteiger partial charge on any atom is 0.201 e. The van der Waals surface area contributed by atoms with Crippen LogP contribution in [0.1, 0.15) is 11.1 Å². The molecule has 1 nitrogen and oxygen atoms in total. The summed E-state index contributed by atoms with van der Waals surface area (Å²) in [6.45, 7) is 1.82. The minimum absolute atomic E-state index is 0.165. The monoisotopic (exact) mass is 346 g/mol. The van der Waals surface area contributed by atoms with Gasteiger partial charge in [0.25, 0.3) is 0 Å². The number of aryl methyl sites for hydroxylation is 1. The molecular weight excluding hydrogens is 338 g/mol. The Hall–Kier alpha value is -1.13. The second-order valence-electron chi connectivity index (χ2n) is 4.04. The molecule has 2 aromatic carbocycles. The van der Waals surface area contributed by atoms with Gasteiger partial charge in [-0.3, -0.25) is 0 Å². The second kappa shape index (κ2) is 5.88. The van der Waals surface area contributed by atoms with Crippen molar-refractivity contribution in [3.8, 4) is 11.5 Å². The summed E-state index contributed by atoms with van der Waals surface area (Å²) in [4.78, 5) is 0. The van der Waals surface area contributed by atoms with Gasteiger partial charge in [0.2, 0.25) is 5.82 Å². The highest BCUT2D eigenvalue weighted by Crippen LogP contribution is 2.31. The number of hydrogen-bond acceptors (Lipinski definition) is 1. The van der Waals surface area contributed by atoms with Crippen LogP contribution in [0.2, 0.25) is 0 Å². The van der Waals surface area contributed by atoms with E-state index in [-0.39, 0.29) is 5.75 Å². The van der Waals surface area contributed by atoms with Gasteiger partial charge in [-0.1, -0.05) is 28.1 Å². The highest BCUT2D eigenvalue weighted by molar-refractivity contribution is 9.10. The van der Waals surface area contributed by atoms with Gasteiger partial charge in [-0.05, 0) is 36.2 Å². The second-order valence-corrected chi connectivity index (χ2v) is 5.22. The van der Waals surface area contributed by atoms with Crippen LogP contribution in [-0.4, -0.2) is 0 Å². The molecule has 0 atom stereocenters. The predicted molar refractivity (Wildman–Crippen MR) is 74.9 cm³/mol. The van der Waals surface area contributed by atoms with Gasteiger partial charge in [0.15, 0.2) is 11.6 Å². The van der Waals surface area contributed by atoms with E-state index < -0.39 is 11.6 Å². The zero-order chi connectivity index (χ0) is 14.0. The minimum Gasteiger partial charge on any atom is -0.454 e. The molecule has 2 rings (SSSR count). The third kappa shape index (κ3) is 3.25. The van der Waals surface area contributed by atoms with Crippen molar-refractivity contribution in [2.75, 3.05) is 0 Å². The first-order valence-electron chi connectivity index (χ1n) is 5.49. The highest BCUT2D eigenvalue weighted by atomic mass is 79.9. The van der Waals surface area contributed by atoms with Gasteiger partial charge in [-0.15, -0.1) is 11.6 Å². The van der Waals surface area contributed by atoms with Crippen molar-refractivity contribution in [1.29, 1.82) is 0 Å². The smallest absolute Gasteiger partial charge is 0.201 e. The van der Waals surface area contributed by atoms with E-state index in [1.165, 1.54) is 6.07 Å². The predicted octanol–water partition coefficient (Wildman–Crippen LogP) is 5.57. The Kier molecular flexibility index (Phi) is 4.42. The Morgan fingerprint density at radius 3 is 2.58 bits per heavy atom. The molecule has 0 aliphatic rings. The van der Waals surface area contributed by atoms with Gasteiger partial charge in [0.05, 0.1) is 0 Å². The fourth-order valence-electron chi connectivity index (χ4n) is 1.56. The van der Waals surface area contributed by atoms with E-state index in [0.29, 0.717) is 16.1 Å². The largest absolute Gasteiger partial charge is 0.454 e. The lowest BCUT2D eigenvalue weighted by atomic mass is 10.1. The molecular formula is C14H10BrClF2O. The number of alkyl halides is 1. The standard InChI is InChI=1S/C14H10BrClF2O/c1-8-2-3-9(7-16)4-12(8)19-13-6-10(15)5-11(17)14(13)18/h2-6H,7H2,1H3. The van der Waals surface area contributed by atoms with Crippen molar-refractivity contribution >= 4 is 27.5 Å². The van der Waals surface area contributed by atoms with Crippen molar-refractivity contribution in [1.82, 2.24) is 0 Å². The summed E-state index contributed by atoms with van der Waals surface area (Å²) in [5.74, 6) is -1.36. The zero-order valence-electron chi connectivity index (χ0n) is 10.0. The van der Waals surface area contributed by atoms with Gasteiger partial charge in [-0.25, -0.2) is 4.39 Å². The van der Waals surface area contributed by atoms with Gasteiger partial charge in [0.1, 0.15) is 5.75 Å². The first-order chi connectivity index (χ1) is 9.01. The number of rotatable bonds is 3. The quantitative estimate of drug-likeness (QED) is 0.521. The van der Waals surface area contributed by atoms with Crippen LogP contribution in [0, 0.1) is 18.6 Å². The molecule has 0 aromatic heterocycles. The average molecular weight is 348 g/mol. The molecule has 0 fully saturated rings. The van der Waals surface area contributed by atoms with Crippen molar-refractivity contribution in [3.63, 3.8) is 0 Å². The summed E-state index contributed by atoms with van der Waals surface area (Å²) < 4.78 is 32.8. The number of benzene rings is 2. The van der Waals surface area contributed by atoms with Gasteiger partial charge < -0.3 is 4.74 Å². The van der Waals surface area contributed by atoms with Gasteiger partial charge in [0, 0.05) is 10.4 Å². The molecule has 0 saturated carbocycles. The summed E-state index contributed by atoms with van der Waals surface area (Å²) in [7, 11) is 0. The van der Waals surface area contributed by atoms with Crippen LogP contribution >= 0.6 is 27.5 Å². The summed E-state index contributed by atoms with van der Waals surface area (Å²) in [5, 5.41) is 0. The van der Waals surface area contributed by atoms with Crippen LogP contribution in [0.25, 0.3) is 0 Å². The van der Waals surface area contributed by atoms with E-state index in [2.05, 4.69) is 15.9 Å². The third-order valence-electron chi connectivity index (χ3n) is 2.59. The normalized spacial score (nSPS) is 10.6. The number of halogens is 4. The summed E-state index contributed by atoms with van der Waals surface area (Å²) in [5.41, 5.74) is 1.66. The fourth-order valence-corrected chi connectivity index (χ4v) is 2.14. The van der Waals surface area contributed by atoms with Crippen LogP contribution in [0.3, 0.4) is 0 Å². The maximum absolute atomic E-state index is 13.6. The topological polar surface area (TPSA) is 9.23 Å². The van der Waals surface area contributed by atoms with Gasteiger partial charge in [-0.2, -0.15) is 4.39 Å². The SMILES string of the molecule is Cc1ccc(CCl)cc1Oc1cc(Br)cc(F)c1F. The fraction of sp³-hybridized carbons (Fsp3) is 0.143. The molecule has 0 heterocycles. The summed E-state index contributed by atoms with van der Waals surface area (Å²) in [6, 6.07) is 7.81. The molecule has 0 radical (unpaired) electrons. The van der Waals surface area contributed by atoms with E-state index in [4.69, 9.17) is 16.3 Å². The average Bonchev–Trinajstić information content (AvgIpc) is 2.38. The molecule has 19 heavy (non-hydrogen) atoms. The molecule has 0 aliphatic carbocycles. The Labute approximate surface area is 123 Å². The molecule has 5 heteroatoms. The van der Waals surface area contributed by atoms with E-state index >= 15 is 0 Å². The van der Waals surface area contributed by atoms with Crippen LogP contribution in [0.4, 0.5) is 8.78 Å². The molecule has 0 aliphatic heterocycles. The Balaban J connectivity index is 2.41. The lowest BCUT2D eigenvalue weighted by molar-refractivity contribution is 0.413. The van der Waals surface area contributed by atoms with Crippen LogP contribution in [0.15, 0.2) is 34.8 Å². The number of hydrogen-bond donors (Lipinski definition) is 0. The summed E-state index contributed by atoms with van der Waals surface area (Å²) in [6.07, 6.45) is 0. The molecule has 100 valence electrons. The van der Waals surface area contributed by atoms with E-state index in [0.717, 1.165) is 17.2 Å². The molecule has 2 aromatic rings. The Morgan fingerprint density at radius 1 is 1.16 bits per heavy atom. The molecule has 0 unspecified atom stereocenters. The molecule has 0 saturated heterocycles. The lowest BCUT2D eigenvalue weighted by Gasteiger charge is -2.11. The first-order valence-corrected chi connectivity index (χ1v) is 6.82. The van der Waals surface area contributed by atoms with Crippen LogP contribution < -0.4 is 4.74 Å². The van der Waals surface area contributed by atoms with Crippen molar-refractivity contribution in [2.24, 2.45) is 0 Å². The lowest BCUT2D eigenvalue weighted by Crippen LogP contribution is -1.94. The Morgan fingerprint density at radius 2 is 1.89 bits per heavy atom. The molecule has 0 bridgehead atoms. The first kappa shape index (κ1) is 14.3. The highest BCUT2D eigenvalue weighted by Gasteiger charge is 2.13. The molecule has 0 amide bonds. The third-order valence-corrected chi connectivity index (χ3v) is 3.35. The van der Waals surface area contributed by atoms with Crippen molar-refractivity contribution < 1.29 is 13.5 Å². The van der Waals surface area contributed by atoms with E-state index in [1.807, 2.05) is 19.1 Å². The Bertz CT molecular complexity index is 617. The summed E-state index contributed by atoms with van der Waals surface area (Å²) >= 11 is 8.84. The van der Waals surface area contributed by atoms with E-state index in [9.17, 15) is 8.78 Å².